The maximum absolute atomic E-state index is 6.21. The highest BCUT2D eigenvalue weighted by molar-refractivity contribution is 8.00. The molecule has 0 unspecified atom stereocenters. The fourth-order valence-electron chi connectivity index (χ4n) is 1.73. The number of benzene rings is 1. The Balaban J connectivity index is 1.86. The van der Waals surface area contributed by atoms with Gasteiger partial charge in [-0.3, -0.25) is 0 Å². The fourth-order valence-corrected chi connectivity index (χ4v) is 3.75. The van der Waals surface area contributed by atoms with E-state index in [9.17, 15) is 0 Å². The van der Waals surface area contributed by atoms with Gasteiger partial charge in [0.1, 0.15) is 5.15 Å². The number of hydrogen-bond acceptors (Lipinski definition) is 5. The van der Waals surface area contributed by atoms with E-state index in [2.05, 4.69) is 16.0 Å². The molecule has 0 spiro atoms. The van der Waals surface area contributed by atoms with E-state index in [0.29, 0.717) is 10.3 Å². The summed E-state index contributed by atoms with van der Waals surface area (Å²) >= 11 is 9.36. The quantitative estimate of drug-likeness (QED) is 0.581. The van der Waals surface area contributed by atoms with Crippen LogP contribution in [0.5, 0.6) is 0 Å². The maximum atomic E-state index is 6.21. The molecule has 3 nitrogen and oxygen atoms in total. The molecule has 3 aromatic rings. The number of pyridine rings is 1. The topological polar surface area (TPSA) is 51.8 Å². The predicted octanol–water partition coefficient (Wildman–Crippen LogP) is 4.22. The first-order valence-electron chi connectivity index (χ1n) is 5.60. The third-order valence-corrected chi connectivity index (χ3v) is 5.02. The van der Waals surface area contributed by atoms with Crippen LogP contribution in [0.4, 0.5) is 5.13 Å². The number of thioether (sulfide) groups is 1. The van der Waals surface area contributed by atoms with Gasteiger partial charge in [-0.25, -0.2) is 9.97 Å². The van der Waals surface area contributed by atoms with E-state index >= 15 is 0 Å². The molecule has 0 aliphatic rings. The number of fused-ring (bicyclic) bond motifs is 1. The van der Waals surface area contributed by atoms with E-state index in [1.165, 1.54) is 11.3 Å². The van der Waals surface area contributed by atoms with Crippen LogP contribution in [0.1, 0.15) is 5.56 Å². The van der Waals surface area contributed by atoms with Crippen molar-refractivity contribution in [3.05, 3.63) is 47.2 Å². The lowest BCUT2D eigenvalue weighted by atomic mass is 10.2. The number of aromatic nitrogens is 2. The van der Waals surface area contributed by atoms with Crippen LogP contribution in [-0.4, -0.2) is 9.97 Å². The molecule has 0 atom stereocenters. The van der Waals surface area contributed by atoms with Gasteiger partial charge in [-0.05, 0) is 12.1 Å². The predicted molar refractivity (Wildman–Crippen MR) is 82.8 cm³/mol. The van der Waals surface area contributed by atoms with Gasteiger partial charge in [-0.2, -0.15) is 0 Å². The number of nitrogens with zero attached hydrogens (tertiary/aromatic N) is 2. The molecule has 0 saturated carbocycles. The molecule has 96 valence electrons. The zero-order chi connectivity index (χ0) is 13.2. The van der Waals surface area contributed by atoms with Gasteiger partial charge in [-0.1, -0.05) is 41.1 Å². The number of para-hydroxylation sites is 1. The summed E-state index contributed by atoms with van der Waals surface area (Å²) in [5, 5.41) is 2.25. The van der Waals surface area contributed by atoms with E-state index in [1.807, 2.05) is 24.3 Å². The van der Waals surface area contributed by atoms with Gasteiger partial charge < -0.3 is 5.73 Å². The van der Waals surface area contributed by atoms with E-state index in [1.54, 1.807) is 18.0 Å². The number of rotatable bonds is 3. The highest BCUT2D eigenvalue weighted by Crippen LogP contribution is 2.31. The minimum Gasteiger partial charge on any atom is -0.375 e. The average Bonchev–Trinajstić information content (AvgIpc) is 2.82. The van der Waals surface area contributed by atoms with Gasteiger partial charge in [0.2, 0.25) is 0 Å². The highest BCUT2D eigenvalue weighted by Gasteiger charge is 2.07. The van der Waals surface area contributed by atoms with Crippen molar-refractivity contribution in [3.8, 4) is 0 Å². The summed E-state index contributed by atoms with van der Waals surface area (Å²) in [6, 6.07) is 10.0. The van der Waals surface area contributed by atoms with Gasteiger partial charge in [0, 0.05) is 16.7 Å². The number of hydrogen-bond donors (Lipinski definition) is 1. The fraction of sp³-hybridized carbons (Fsp3) is 0.0769. The Hall–Kier alpha value is -1.30. The Kier molecular flexibility index (Phi) is 3.59. The number of nitrogens with two attached hydrogens (primary N) is 1. The monoisotopic (exact) mass is 307 g/mol. The molecule has 2 aromatic heterocycles. The molecule has 2 N–H and O–H groups in total. The van der Waals surface area contributed by atoms with Crippen molar-refractivity contribution < 1.29 is 0 Å². The molecule has 0 aliphatic heterocycles. The molecule has 1 aromatic carbocycles. The Bertz CT molecular complexity index is 727. The van der Waals surface area contributed by atoms with Gasteiger partial charge in [-0.15, -0.1) is 11.8 Å². The van der Waals surface area contributed by atoms with Crippen molar-refractivity contribution in [1.82, 2.24) is 9.97 Å². The number of halogens is 1. The molecule has 0 fully saturated rings. The SMILES string of the molecule is Nc1ncc(SCc2cc3ccccc3nc2Cl)s1. The summed E-state index contributed by atoms with van der Waals surface area (Å²) in [6.45, 7) is 0. The largest absolute Gasteiger partial charge is 0.375 e. The lowest BCUT2D eigenvalue weighted by Gasteiger charge is -2.04. The second-order valence-corrected chi connectivity index (χ2v) is 6.63. The summed E-state index contributed by atoms with van der Waals surface area (Å²) < 4.78 is 1.08. The Morgan fingerprint density at radius 2 is 2.16 bits per heavy atom. The summed E-state index contributed by atoms with van der Waals surface area (Å²) in [7, 11) is 0. The number of nitrogen functional groups attached to an aromatic ring is 1. The highest BCUT2D eigenvalue weighted by atomic mass is 35.5. The molecule has 2 heterocycles. The van der Waals surface area contributed by atoms with Crippen LogP contribution < -0.4 is 5.73 Å². The van der Waals surface area contributed by atoms with Crippen LogP contribution in [0.25, 0.3) is 10.9 Å². The average molecular weight is 308 g/mol. The van der Waals surface area contributed by atoms with E-state index in [4.69, 9.17) is 17.3 Å². The summed E-state index contributed by atoms with van der Waals surface area (Å²) in [4.78, 5) is 8.44. The van der Waals surface area contributed by atoms with Crippen molar-refractivity contribution >= 4 is 50.7 Å². The Morgan fingerprint density at radius 3 is 2.95 bits per heavy atom. The van der Waals surface area contributed by atoms with Crippen LogP contribution in [0, 0.1) is 0 Å². The van der Waals surface area contributed by atoms with Crippen LogP contribution in [0.15, 0.2) is 40.7 Å². The Morgan fingerprint density at radius 1 is 1.32 bits per heavy atom. The standard InChI is InChI=1S/C13H10ClN3S2/c14-12-9(7-18-11-6-16-13(15)19-11)5-8-3-1-2-4-10(8)17-12/h1-6H,7H2,(H2,15,16). The first-order chi connectivity index (χ1) is 9.22. The van der Waals surface area contributed by atoms with E-state index in [-0.39, 0.29) is 0 Å². The van der Waals surface area contributed by atoms with Crippen molar-refractivity contribution in [3.63, 3.8) is 0 Å². The van der Waals surface area contributed by atoms with Crippen LogP contribution in [0.3, 0.4) is 0 Å². The normalized spacial score (nSPS) is 11.0. The molecule has 19 heavy (non-hydrogen) atoms. The molecule has 0 aliphatic carbocycles. The molecule has 6 heteroatoms. The third kappa shape index (κ3) is 2.83. The number of anilines is 1. The molecule has 0 radical (unpaired) electrons. The summed E-state index contributed by atoms with van der Waals surface area (Å²) in [5.74, 6) is 0.762. The second kappa shape index (κ2) is 5.36. The molecule has 3 rings (SSSR count). The summed E-state index contributed by atoms with van der Waals surface area (Å²) in [5.41, 5.74) is 7.55. The van der Waals surface area contributed by atoms with E-state index in [0.717, 1.165) is 26.4 Å². The van der Waals surface area contributed by atoms with Crippen LogP contribution in [-0.2, 0) is 5.75 Å². The van der Waals surface area contributed by atoms with Crippen LogP contribution >= 0.6 is 34.7 Å². The lowest BCUT2D eigenvalue weighted by Crippen LogP contribution is -1.88. The second-order valence-electron chi connectivity index (χ2n) is 3.94. The zero-order valence-corrected chi connectivity index (χ0v) is 12.2. The molecule has 0 bridgehead atoms. The lowest BCUT2D eigenvalue weighted by molar-refractivity contribution is 1.30. The van der Waals surface area contributed by atoms with Crippen molar-refractivity contribution in [2.24, 2.45) is 0 Å². The van der Waals surface area contributed by atoms with Crippen molar-refractivity contribution in [2.75, 3.05) is 5.73 Å². The number of thiazole rings is 1. The molecular weight excluding hydrogens is 298 g/mol. The first kappa shape index (κ1) is 12.7. The zero-order valence-electron chi connectivity index (χ0n) is 9.84. The Labute approximate surface area is 123 Å². The van der Waals surface area contributed by atoms with Crippen molar-refractivity contribution in [1.29, 1.82) is 0 Å². The van der Waals surface area contributed by atoms with Crippen molar-refractivity contribution in [2.45, 2.75) is 9.96 Å². The van der Waals surface area contributed by atoms with Gasteiger partial charge in [0.05, 0.1) is 15.9 Å². The summed E-state index contributed by atoms with van der Waals surface area (Å²) in [6.07, 6.45) is 1.78. The van der Waals surface area contributed by atoms with Gasteiger partial charge >= 0.3 is 0 Å². The molecule has 0 amide bonds. The van der Waals surface area contributed by atoms with Crippen LogP contribution in [0.2, 0.25) is 5.15 Å². The molecular formula is C13H10ClN3S2. The minimum atomic E-state index is 0.559. The van der Waals surface area contributed by atoms with E-state index < -0.39 is 0 Å². The first-order valence-corrected chi connectivity index (χ1v) is 7.78. The molecule has 0 saturated heterocycles. The minimum absolute atomic E-state index is 0.559. The van der Waals surface area contributed by atoms with Gasteiger partial charge in [0.25, 0.3) is 0 Å². The smallest absolute Gasteiger partial charge is 0.181 e. The third-order valence-electron chi connectivity index (χ3n) is 2.62. The van der Waals surface area contributed by atoms with Gasteiger partial charge in [0.15, 0.2) is 5.13 Å². The maximum Gasteiger partial charge on any atom is 0.181 e.